The molecule has 0 bridgehead atoms. The summed E-state index contributed by atoms with van der Waals surface area (Å²) >= 11 is 0. The molecule has 4 heteroatoms. The Morgan fingerprint density at radius 3 is 2.36 bits per heavy atom. The Morgan fingerprint density at radius 1 is 1.29 bits per heavy atom. The first-order valence-electron chi connectivity index (χ1n) is 5.33. The van der Waals surface area contributed by atoms with Gasteiger partial charge in [0.2, 0.25) is 0 Å². The smallest absolute Gasteiger partial charge is 0.250 e. The van der Waals surface area contributed by atoms with Crippen LogP contribution in [0.5, 0.6) is 0 Å². The number of nitrogens with zero attached hydrogens (tertiary/aromatic N) is 1. The first-order valence-corrected chi connectivity index (χ1v) is 5.33. The molecule has 1 N–H and O–H groups in total. The summed E-state index contributed by atoms with van der Waals surface area (Å²) in [5.74, 6) is -2.41. The van der Waals surface area contributed by atoms with Gasteiger partial charge >= 0.3 is 0 Å². The van der Waals surface area contributed by atoms with Crippen LogP contribution in [0.4, 0.5) is 8.78 Å². The van der Waals surface area contributed by atoms with Gasteiger partial charge in [-0.1, -0.05) is 13.8 Å². The molecular weight excluding hydrogens is 186 g/mol. The summed E-state index contributed by atoms with van der Waals surface area (Å²) in [5, 5.41) is 3.28. The lowest BCUT2D eigenvalue weighted by atomic mass is 10.1. The molecule has 0 aliphatic carbocycles. The molecule has 1 saturated heterocycles. The number of hydrogen-bond acceptors (Lipinski definition) is 2. The highest BCUT2D eigenvalue weighted by atomic mass is 19.3. The fourth-order valence-electron chi connectivity index (χ4n) is 1.62. The number of nitrogens with one attached hydrogen (secondary N) is 1. The number of likely N-dealkylation sites (tertiary alicyclic amines) is 1. The van der Waals surface area contributed by atoms with Crippen molar-refractivity contribution < 1.29 is 8.78 Å². The maximum absolute atomic E-state index is 12.8. The summed E-state index contributed by atoms with van der Waals surface area (Å²) < 4.78 is 25.6. The van der Waals surface area contributed by atoms with Crippen LogP contribution in [0.25, 0.3) is 0 Å². The van der Waals surface area contributed by atoms with E-state index in [4.69, 9.17) is 0 Å². The molecule has 1 aliphatic heterocycles. The lowest BCUT2D eigenvalue weighted by Gasteiger charge is -2.31. The lowest BCUT2D eigenvalue weighted by Crippen LogP contribution is -2.43. The topological polar surface area (TPSA) is 15.3 Å². The van der Waals surface area contributed by atoms with Crippen LogP contribution in [-0.4, -0.2) is 43.0 Å². The molecule has 1 aliphatic rings. The highest BCUT2D eigenvalue weighted by molar-refractivity contribution is 4.77. The standard InChI is InChI=1S/C10H20F2N2/c1-9(2)13-5-8-14-6-3-10(11,12)4-7-14/h9,13H,3-8H2,1-2H3. The van der Waals surface area contributed by atoms with E-state index < -0.39 is 5.92 Å². The van der Waals surface area contributed by atoms with E-state index in [9.17, 15) is 8.78 Å². The molecule has 84 valence electrons. The zero-order valence-corrected chi connectivity index (χ0v) is 9.02. The van der Waals surface area contributed by atoms with Crippen LogP contribution < -0.4 is 5.32 Å². The minimum atomic E-state index is -2.41. The molecule has 1 heterocycles. The second kappa shape index (κ2) is 5.03. The lowest BCUT2D eigenvalue weighted by molar-refractivity contribution is -0.0548. The van der Waals surface area contributed by atoms with E-state index in [1.54, 1.807) is 0 Å². The van der Waals surface area contributed by atoms with Crippen molar-refractivity contribution in [3.63, 3.8) is 0 Å². The zero-order valence-electron chi connectivity index (χ0n) is 9.02. The fourth-order valence-corrected chi connectivity index (χ4v) is 1.62. The molecule has 0 spiro atoms. The Balaban J connectivity index is 2.10. The normalized spacial score (nSPS) is 22.9. The van der Waals surface area contributed by atoms with E-state index in [0.29, 0.717) is 19.1 Å². The molecule has 0 aromatic heterocycles. The van der Waals surface area contributed by atoms with Crippen LogP contribution in [0.2, 0.25) is 0 Å². The van der Waals surface area contributed by atoms with Gasteiger partial charge in [0, 0.05) is 45.1 Å². The van der Waals surface area contributed by atoms with Crippen LogP contribution in [0.3, 0.4) is 0 Å². The van der Waals surface area contributed by atoms with Crippen LogP contribution in [-0.2, 0) is 0 Å². The summed E-state index contributed by atoms with van der Waals surface area (Å²) in [7, 11) is 0. The molecule has 0 aromatic rings. The zero-order chi connectivity index (χ0) is 10.6. The third-order valence-electron chi connectivity index (χ3n) is 2.57. The van der Waals surface area contributed by atoms with E-state index in [0.717, 1.165) is 13.1 Å². The van der Waals surface area contributed by atoms with Crippen molar-refractivity contribution >= 4 is 0 Å². The Bertz CT molecular complexity index is 162. The predicted octanol–water partition coefficient (Wildman–Crippen LogP) is 1.72. The third-order valence-corrected chi connectivity index (χ3v) is 2.57. The summed E-state index contributed by atoms with van der Waals surface area (Å²) in [4.78, 5) is 2.10. The molecule has 0 unspecified atom stereocenters. The van der Waals surface area contributed by atoms with Crippen molar-refractivity contribution in [1.29, 1.82) is 0 Å². The van der Waals surface area contributed by atoms with Crippen molar-refractivity contribution in [1.82, 2.24) is 10.2 Å². The van der Waals surface area contributed by atoms with E-state index in [1.807, 2.05) is 0 Å². The van der Waals surface area contributed by atoms with Crippen LogP contribution in [0.1, 0.15) is 26.7 Å². The molecule has 0 radical (unpaired) electrons. The molecule has 1 fully saturated rings. The minimum Gasteiger partial charge on any atom is -0.313 e. The van der Waals surface area contributed by atoms with Gasteiger partial charge in [0.05, 0.1) is 0 Å². The molecule has 2 nitrogen and oxygen atoms in total. The average molecular weight is 206 g/mol. The molecule has 14 heavy (non-hydrogen) atoms. The van der Waals surface area contributed by atoms with Gasteiger partial charge in [-0.25, -0.2) is 8.78 Å². The van der Waals surface area contributed by atoms with Crippen molar-refractivity contribution in [2.75, 3.05) is 26.2 Å². The first-order chi connectivity index (χ1) is 6.49. The van der Waals surface area contributed by atoms with Gasteiger partial charge in [0.1, 0.15) is 0 Å². The summed E-state index contributed by atoms with van der Waals surface area (Å²) in [6.45, 7) is 7.02. The second-order valence-corrected chi connectivity index (χ2v) is 4.31. The number of alkyl halides is 2. The van der Waals surface area contributed by atoms with Crippen molar-refractivity contribution in [3.05, 3.63) is 0 Å². The highest BCUT2D eigenvalue weighted by Crippen LogP contribution is 2.27. The van der Waals surface area contributed by atoms with Gasteiger partial charge in [-0.2, -0.15) is 0 Å². The number of halogens is 2. The SMILES string of the molecule is CC(C)NCCN1CCC(F)(F)CC1. The van der Waals surface area contributed by atoms with Gasteiger partial charge in [0.15, 0.2) is 0 Å². The van der Waals surface area contributed by atoms with Crippen molar-refractivity contribution in [3.8, 4) is 0 Å². The Hall–Kier alpha value is -0.220. The van der Waals surface area contributed by atoms with Crippen LogP contribution in [0.15, 0.2) is 0 Å². The molecule has 0 aromatic carbocycles. The molecule has 1 rings (SSSR count). The van der Waals surface area contributed by atoms with Gasteiger partial charge in [-0.3, -0.25) is 0 Å². The molecule has 0 atom stereocenters. The second-order valence-electron chi connectivity index (χ2n) is 4.31. The van der Waals surface area contributed by atoms with E-state index >= 15 is 0 Å². The van der Waals surface area contributed by atoms with E-state index in [1.165, 1.54) is 0 Å². The van der Waals surface area contributed by atoms with Gasteiger partial charge < -0.3 is 10.2 Å². The van der Waals surface area contributed by atoms with Crippen molar-refractivity contribution in [2.24, 2.45) is 0 Å². The van der Waals surface area contributed by atoms with E-state index in [2.05, 4.69) is 24.1 Å². The van der Waals surface area contributed by atoms with Crippen LogP contribution >= 0.6 is 0 Å². The quantitative estimate of drug-likeness (QED) is 0.753. The molecule has 0 amide bonds. The molecule has 0 saturated carbocycles. The predicted molar refractivity (Wildman–Crippen MR) is 53.8 cm³/mol. The summed E-state index contributed by atoms with van der Waals surface area (Å²) in [6.07, 6.45) is 0.0450. The summed E-state index contributed by atoms with van der Waals surface area (Å²) in [6, 6.07) is 0.473. The Kier molecular flexibility index (Phi) is 4.26. The first kappa shape index (κ1) is 11.9. The van der Waals surface area contributed by atoms with Gasteiger partial charge in [-0.05, 0) is 0 Å². The van der Waals surface area contributed by atoms with Gasteiger partial charge in [0.25, 0.3) is 5.92 Å². The molecular formula is C10H20F2N2. The van der Waals surface area contributed by atoms with Gasteiger partial charge in [-0.15, -0.1) is 0 Å². The summed E-state index contributed by atoms with van der Waals surface area (Å²) in [5.41, 5.74) is 0. The highest BCUT2D eigenvalue weighted by Gasteiger charge is 2.33. The maximum atomic E-state index is 12.8. The number of hydrogen-bond donors (Lipinski definition) is 1. The maximum Gasteiger partial charge on any atom is 0.250 e. The monoisotopic (exact) mass is 206 g/mol. The Labute approximate surface area is 84.7 Å². The van der Waals surface area contributed by atoms with E-state index in [-0.39, 0.29) is 12.8 Å². The number of rotatable bonds is 4. The van der Waals surface area contributed by atoms with Crippen LogP contribution in [0, 0.1) is 0 Å². The minimum absolute atomic E-state index is 0.0225. The average Bonchev–Trinajstić information content (AvgIpc) is 2.07. The number of piperidine rings is 1. The third kappa shape index (κ3) is 4.33. The largest absolute Gasteiger partial charge is 0.313 e. The van der Waals surface area contributed by atoms with Crippen molar-refractivity contribution in [2.45, 2.75) is 38.7 Å². The Morgan fingerprint density at radius 2 is 1.86 bits per heavy atom. The fraction of sp³-hybridized carbons (Fsp3) is 1.00.